The standard InChI is InChI=1S/C13H8BrF2NO/c14-8-3-7(4-10(17)5-8)13(18)11-2-1-9(15)6-12(11)16/h1-6H,17H2. The van der Waals surface area contributed by atoms with E-state index in [1.807, 2.05) is 0 Å². The third kappa shape index (κ3) is 2.56. The molecule has 2 rings (SSSR count). The molecule has 0 unspecified atom stereocenters. The number of carbonyl (C=O) groups is 1. The number of hydrogen-bond donors (Lipinski definition) is 1. The van der Waals surface area contributed by atoms with Crippen molar-refractivity contribution in [1.29, 1.82) is 0 Å². The van der Waals surface area contributed by atoms with Gasteiger partial charge in [-0.1, -0.05) is 15.9 Å². The summed E-state index contributed by atoms with van der Waals surface area (Å²) < 4.78 is 26.9. The first-order valence-electron chi connectivity index (χ1n) is 5.03. The van der Waals surface area contributed by atoms with Crippen LogP contribution in [0.2, 0.25) is 0 Å². The Morgan fingerprint density at radius 3 is 2.44 bits per heavy atom. The summed E-state index contributed by atoms with van der Waals surface area (Å²) in [7, 11) is 0. The van der Waals surface area contributed by atoms with E-state index in [1.165, 1.54) is 12.1 Å². The van der Waals surface area contributed by atoms with Gasteiger partial charge in [0.05, 0.1) is 5.56 Å². The van der Waals surface area contributed by atoms with Crippen molar-refractivity contribution in [2.75, 3.05) is 5.73 Å². The van der Waals surface area contributed by atoms with Crippen LogP contribution in [0.1, 0.15) is 15.9 Å². The topological polar surface area (TPSA) is 43.1 Å². The second kappa shape index (κ2) is 4.86. The van der Waals surface area contributed by atoms with Gasteiger partial charge in [-0.2, -0.15) is 0 Å². The van der Waals surface area contributed by atoms with E-state index < -0.39 is 17.4 Å². The SMILES string of the molecule is Nc1cc(Br)cc(C(=O)c2ccc(F)cc2F)c1. The van der Waals surface area contributed by atoms with Crippen molar-refractivity contribution < 1.29 is 13.6 Å². The van der Waals surface area contributed by atoms with E-state index in [4.69, 9.17) is 5.73 Å². The van der Waals surface area contributed by atoms with Gasteiger partial charge < -0.3 is 5.73 Å². The lowest BCUT2D eigenvalue weighted by atomic mass is 10.0. The Kier molecular flexibility index (Phi) is 3.43. The van der Waals surface area contributed by atoms with Crippen LogP contribution in [0, 0.1) is 11.6 Å². The molecule has 0 fully saturated rings. The average Bonchev–Trinajstić information content (AvgIpc) is 2.26. The highest BCUT2D eigenvalue weighted by Crippen LogP contribution is 2.21. The van der Waals surface area contributed by atoms with E-state index in [2.05, 4.69) is 15.9 Å². The molecule has 92 valence electrons. The number of rotatable bonds is 2. The Hall–Kier alpha value is -1.75. The summed E-state index contributed by atoms with van der Waals surface area (Å²) in [5.74, 6) is -2.16. The number of nitrogens with two attached hydrogens (primary N) is 1. The fourth-order valence-corrected chi connectivity index (χ4v) is 2.08. The first kappa shape index (κ1) is 12.7. The Bertz CT molecular complexity index is 608. The number of halogens is 3. The average molecular weight is 312 g/mol. The van der Waals surface area contributed by atoms with Gasteiger partial charge >= 0.3 is 0 Å². The minimum Gasteiger partial charge on any atom is -0.399 e. The lowest BCUT2D eigenvalue weighted by molar-refractivity contribution is 0.103. The van der Waals surface area contributed by atoms with Crippen LogP contribution in [0.4, 0.5) is 14.5 Å². The smallest absolute Gasteiger partial charge is 0.196 e. The van der Waals surface area contributed by atoms with Crippen molar-refractivity contribution in [3.05, 3.63) is 63.6 Å². The van der Waals surface area contributed by atoms with Crippen molar-refractivity contribution in [2.45, 2.75) is 0 Å². The molecule has 2 N–H and O–H groups in total. The van der Waals surface area contributed by atoms with Crippen molar-refractivity contribution in [3.63, 3.8) is 0 Å². The molecule has 0 aliphatic heterocycles. The third-order valence-corrected chi connectivity index (χ3v) is 2.82. The van der Waals surface area contributed by atoms with Crippen LogP contribution in [-0.2, 0) is 0 Å². The zero-order chi connectivity index (χ0) is 13.3. The van der Waals surface area contributed by atoms with Crippen molar-refractivity contribution in [2.24, 2.45) is 0 Å². The van der Waals surface area contributed by atoms with Gasteiger partial charge in [0.25, 0.3) is 0 Å². The van der Waals surface area contributed by atoms with E-state index in [1.54, 1.807) is 6.07 Å². The summed E-state index contributed by atoms with van der Waals surface area (Å²) in [6.07, 6.45) is 0. The molecule has 5 heteroatoms. The largest absolute Gasteiger partial charge is 0.399 e. The normalized spacial score (nSPS) is 10.4. The summed E-state index contributed by atoms with van der Waals surface area (Å²) in [5.41, 5.74) is 6.04. The zero-order valence-electron chi connectivity index (χ0n) is 9.08. The molecule has 0 atom stereocenters. The Morgan fingerprint density at radius 1 is 1.11 bits per heavy atom. The molecule has 0 saturated heterocycles. The van der Waals surface area contributed by atoms with Crippen LogP contribution in [-0.4, -0.2) is 5.78 Å². The number of ketones is 1. The maximum atomic E-state index is 13.5. The van der Waals surface area contributed by atoms with E-state index in [-0.39, 0.29) is 11.1 Å². The summed E-state index contributed by atoms with van der Waals surface area (Å²) in [6, 6.07) is 7.42. The lowest BCUT2D eigenvalue weighted by Crippen LogP contribution is -2.05. The van der Waals surface area contributed by atoms with Crippen molar-refractivity contribution >= 4 is 27.4 Å². The minimum absolute atomic E-state index is 0.186. The Labute approximate surface area is 111 Å². The second-order valence-corrected chi connectivity index (χ2v) is 4.64. The van der Waals surface area contributed by atoms with Crippen LogP contribution in [0.5, 0.6) is 0 Å². The zero-order valence-corrected chi connectivity index (χ0v) is 10.7. The van der Waals surface area contributed by atoms with Crippen molar-refractivity contribution in [1.82, 2.24) is 0 Å². The molecule has 0 aromatic heterocycles. The molecule has 0 aliphatic carbocycles. The molecule has 0 heterocycles. The maximum absolute atomic E-state index is 13.5. The predicted molar refractivity (Wildman–Crippen MR) is 68.3 cm³/mol. The highest BCUT2D eigenvalue weighted by atomic mass is 79.9. The van der Waals surface area contributed by atoms with Crippen LogP contribution >= 0.6 is 15.9 Å². The number of hydrogen-bond acceptors (Lipinski definition) is 2. The third-order valence-electron chi connectivity index (χ3n) is 2.36. The molecule has 0 radical (unpaired) electrons. The molecule has 2 aromatic carbocycles. The molecule has 2 aromatic rings. The van der Waals surface area contributed by atoms with Gasteiger partial charge in [-0.15, -0.1) is 0 Å². The molecule has 0 spiro atoms. The summed E-state index contributed by atoms with van der Waals surface area (Å²) in [6.45, 7) is 0. The summed E-state index contributed by atoms with van der Waals surface area (Å²) in [5, 5.41) is 0. The van der Waals surface area contributed by atoms with E-state index in [0.717, 1.165) is 12.1 Å². The number of benzene rings is 2. The molecule has 2 nitrogen and oxygen atoms in total. The fraction of sp³-hybridized carbons (Fsp3) is 0. The predicted octanol–water partition coefficient (Wildman–Crippen LogP) is 3.54. The molecule has 0 aliphatic rings. The Balaban J connectivity index is 2.47. The second-order valence-electron chi connectivity index (χ2n) is 3.73. The van der Waals surface area contributed by atoms with Crippen LogP contribution in [0.15, 0.2) is 40.9 Å². The van der Waals surface area contributed by atoms with Gasteiger partial charge in [-0.3, -0.25) is 4.79 Å². The first-order chi connectivity index (χ1) is 8.47. The van der Waals surface area contributed by atoms with E-state index in [0.29, 0.717) is 16.2 Å². The van der Waals surface area contributed by atoms with Crippen LogP contribution in [0.25, 0.3) is 0 Å². The van der Waals surface area contributed by atoms with Crippen LogP contribution in [0.3, 0.4) is 0 Å². The number of anilines is 1. The van der Waals surface area contributed by atoms with Gasteiger partial charge in [-0.05, 0) is 30.3 Å². The van der Waals surface area contributed by atoms with E-state index in [9.17, 15) is 13.6 Å². The quantitative estimate of drug-likeness (QED) is 0.681. The highest BCUT2D eigenvalue weighted by Gasteiger charge is 2.15. The molecule has 18 heavy (non-hydrogen) atoms. The minimum atomic E-state index is -0.890. The van der Waals surface area contributed by atoms with Crippen molar-refractivity contribution in [3.8, 4) is 0 Å². The Morgan fingerprint density at radius 2 is 1.83 bits per heavy atom. The molecule has 0 bridgehead atoms. The maximum Gasteiger partial charge on any atom is 0.196 e. The fourth-order valence-electron chi connectivity index (χ4n) is 1.57. The lowest BCUT2D eigenvalue weighted by Gasteiger charge is -2.05. The number of carbonyl (C=O) groups excluding carboxylic acids is 1. The monoisotopic (exact) mass is 311 g/mol. The molecule has 0 saturated carbocycles. The summed E-state index contributed by atoms with van der Waals surface area (Å²) in [4.78, 5) is 12.0. The van der Waals surface area contributed by atoms with Gasteiger partial charge in [-0.25, -0.2) is 8.78 Å². The molecule has 0 amide bonds. The summed E-state index contributed by atoms with van der Waals surface area (Å²) >= 11 is 3.20. The highest BCUT2D eigenvalue weighted by molar-refractivity contribution is 9.10. The van der Waals surface area contributed by atoms with Gasteiger partial charge in [0.15, 0.2) is 5.78 Å². The first-order valence-corrected chi connectivity index (χ1v) is 5.82. The van der Waals surface area contributed by atoms with Gasteiger partial charge in [0.1, 0.15) is 11.6 Å². The van der Waals surface area contributed by atoms with Gasteiger partial charge in [0, 0.05) is 21.8 Å². The molecular formula is C13H8BrF2NO. The van der Waals surface area contributed by atoms with Crippen LogP contribution < -0.4 is 5.73 Å². The van der Waals surface area contributed by atoms with E-state index >= 15 is 0 Å². The molecular weight excluding hydrogens is 304 g/mol. The number of nitrogen functional groups attached to an aromatic ring is 1. The van der Waals surface area contributed by atoms with Gasteiger partial charge in [0.2, 0.25) is 0 Å².